The molecule has 10 heteroatoms. The number of hydrogen-bond acceptors (Lipinski definition) is 10. The van der Waals surface area contributed by atoms with Crippen molar-refractivity contribution < 1.29 is 47.7 Å². The van der Waals surface area contributed by atoms with Crippen LogP contribution in [-0.4, -0.2) is 50.2 Å². The molecule has 0 aliphatic rings. The highest BCUT2D eigenvalue weighted by Crippen LogP contribution is 2.27. The Morgan fingerprint density at radius 2 is 1.20 bits per heavy atom. The van der Waals surface area contributed by atoms with Crippen molar-refractivity contribution in [2.24, 2.45) is 5.92 Å². The topological polar surface area (TPSA) is 132 Å². The van der Waals surface area contributed by atoms with Gasteiger partial charge in [0.25, 0.3) is 0 Å². The van der Waals surface area contributed by atoms with E-state index in [4.69, 9.17) is 18.9 Å². The molecule has 54 heavy (non-hydrogen) atoms. The third kappa shape index (κ3) is 15.4. The van der Waals surface area contributed by atoms with Gasteiger partial charge >= 0.3 is 29.8 Å². The van der Waals surface area contributed by atoms with Gasteiger partial charge in [0.15, 0.2) is 0 Å². The van der Waals surface area contributed by atoms with Crippen LogP contribution >= 0.6 is 0 Å². The van der Waals surface area contributed by atoms with E-state index in [0.29, 0.717) is 24.2 Å². The second kappa shape index (κ2) is 24.1. The zero-order valence-corrected chi connectivity index (χ0v) is 32.1. The zero-order valence-electron chi connectivity index (χ0n) is 32.1. The standard InChI is InChI=1S/C44H54O10/c1-5-16-33-17-22-36(23-18-33)43(48)54-39-27-26-37(53-42(47)35-24-19-34(20-25-35)21-28-40(45)50-4)31-38(39)44(49)52-30-15-13-11-9-7-8-10-12-14-29-51-41(46)32(3)6-2/h17-28,31-32H,5-16,29-30H2,1-4H3/b28-21+. The summed E-state index contributed by atoms with van der Waals surface area (Å²) in [4.78, 5) is 62.4. The van der Waals surface area contributed by atoms with Gasteiger partial charge in [-0.25, -0.2) is 19.2 Å². The van der Waals surface area contributed by atoms with E-state index in [-0.39, 0.29) is 41.1 Å². The molecular weight excluding hydrogens is 688 g/mol. The van der Waals surface area contributed by atoms with Gasteiger partial charge in [0.1, 0.15) is 17.1 Å². The first-order valence-corrected chi connectivity index (χ1v) is 19.0. The number of methoxy groups -OCH3 is 1. The van der Waals surface area contributed by atoms with Gasteiger partial charge in [-0.1, -0.05) is 96.4 Å². The summed E-state index contributed by atoms with van der Waals surface area (Å²) in [6, 6.07) is 17.7. The Kier molecular flexibility index (Phi) is 19.3. The van der Waals surface area contributed by atoms with Crippen molar-refractivity contribution in [3.8, 4) is 11.5 Å². The minimum atomic E-state index is -0.703. The molecule has 0 spiro atoms. The van der Waals surface area contributed by atoms with Crippen LogP contribution in [0.1, 0.15) is 134 Å². The molecule has 0 heterocycles. The lowest BCUT2D eigenvalue weighted by Crippen LogP contribution is -2.14. The van der Waals surface area contributed by atoms with E-state index < -0.39 is 23.9 Å². The second-order valence-electron chi connectivity index (χ2n) is 13.2. The summed E-state index contributed by atoms with van der Waals surface area (Å²) in [5.74, 6) is -2.61. The van der Waals surface area contributed by atoms with Crippen molar-refractivity contribution in [1.82, 2.24) is 0 Å². The summed E-state index contributed by atoms with van der Waals surface area (Å²) >= 11 is 0. The van der Waals surface area contributed by atoms with E-state index in [0.717, 1.165) is 76.2 Å². The lowest BCUT2D eigenvalue weighted by atomic mass is 10.1. The van der Waals surface area contributed by atoms with Crippen LogP contribution < -0.4 is 9.47 Å². The molecule has 3 rings (SSSR count). The second-order valence-corrected chi connectivity index (χ2v) is 13.2. The number of carbonyl (C=O) groups is 5. The summed E-state index contributed by atoms with van der Waals surface area (Å²) < 4.78 is 26.7. The quantitative estimate of drug-likeness (QED) is 0.0304. The lowest BCUT2D eigenvalue weighted by Gasteiger charge is -2.13. The first-order chi connectivity index (χ1) is 26.1. The molecule has 0 aliphatic carbocycles. The van der Waals surface area contributed by atoms with Crippen molar-refractivity contribution in [2.75, 3.05) is 20.3 Å². The van der Waals surface area contributed by atoms with E-state index in [2.05, 4.69) is 11.7 Å². The van der Waals surface area contributed by atoms with Crippen LogP contribution in [-0.2, 0) is 30.2 Å². The number of rotatable bonds is 23. The average Bonchev–Trinajstić information content (AvgIpc) is 3.19. The van der Waals surface area contributed by atoms with Crippen molar-refractivity contribution in [2.45, 2.75) is 97.8 Å². The summed E-state index contributed by atoms with van der Waals surface area (Å²) in [6.45, 7) is 6.61. The van der Waals surface area contributed by atoms with Crippen LogP contribution in [0.4, 0.5) is 0 Å². The van der Waals surface area contributed by atoms with Gasteiger partial charge in [0.05, 0.1) is 37.4 Å². The number of hydrogen-bond donors (Lipinski definition) is 0. The van der Waals surface area contributed by atoms with Crippen LogP contribution in [0, 0.1) is 5.92 Å². The molecule has 0 fully saturated rings. The third-order valence-electron chi connectivity index (χ3n) is 8.85. The Morgan fingerprint density at radius 1 is 0.648 bits per heavy atom. The number of ether oxygens (including phenoxy) is 5. The van der Waals surface area contributed by atoms with Gasteiger partial charge in [0, 0.05) is 6.08 Å². The predicted molar refractivity (Wildman–Crippen MR) is 207 cm³/mol. The maximum absolute atomic E-state index is 13.3. The lowest BCUT2D eigenvalue weighted by molar-refractivity contribution is -0.148. The Bertz CT molecular complexity index is 1670. The van der Waals surface area contributed by atoms with Gasteiger partial charge < -0.3 is 23.7 Å². The highest BCUT2D eigenvalue weighted by Gasteiger charge is 2.21. The highest BCUT2D eigenvalue weighted by atomic mass is 16.6. The number of unbranched alkanes of at least 4 members (excludes halogenated alkanes) is 8. The van der Waals surface area contributed by atoms with E-state index in [1.807, 2.05) is 26.0 Å². The Hall–Kier alpha value is -5.25. The number of esters is 5. The van der Waals surface area contributed by atoms with Gasteiger partial charge in [-0.05, 0) is 85.4 Å². The average molecular weight is 743 g/mol. The van der Waals surface area contributed by atoms with Crippen LogP contribution in [0.3, 0.4) is 0 Å². The predicted octanol–water partition coefficient (Wildman–Crippen LogP) is 9.52. The van der Waals surface area contributed by atoms with Gasteiger partial charge in [-0.15, -0.1) is 0 Å². The van der Waals surface area contributed by atoms with Crippen molar-refractivity contribution >= 4 is 35.9 Å². The maximum Gasteiger partial charge on any atom is 0.343 e. The van der Waals surface area contributed by atoms with E-state index in [1.54, 1.807) is 42.5 Å². The van der Waals surface area contributed by atoms with E-state index >= 15 is 0 Å². The molecule has 0 amide bonds. The molecule has 3 aromatic rings. The molecule has 1 atom stereocenters. The van der Waals surface area contributed by atoms with Crippen LogP contribution in [0.15, 0.2) is 72.8 Å². The summed E-state index contributed by atoms with van der Waals surface area (Å²) in [6.07, 6.45) is 14.4. The third-order valence-corrected chi connectivity index (χ3v) is 8.85. The fourth-order valence-corrected chi connectivity index (χ4v) is 5.37. The van der Waals surface area contributed by atoms with Crippen LogP contribution in [0.2, 0.25) is 0 Å². The Balaban J connectivity index is 1.54. The number of carbonyl (C=O) groups excluding carboxylic acids is 5. The molecule has 0 aliphatic heterocycles. The molecule has 0 saturated carbocycles. The molecule has 3 aromatic carbocycles. The Labute approximate surface area is 319 Å². The molecule has 0 aromatic heterocycles. The SMILES string of the molecule is CCCc1ccc(C(=O)Oc2ccc(OC(=O)c3ccc(/C=C/C(=O)OC)cc3)cc2C(=O)OCCCCCCCCCCCOC(=O)C(C)CC)cc1. The molecule has 0 bridgehead atoms. The smallest absolute Gasteiger partial charge is 0.343 e. The largest absolute Gasteiger partial charge is 0.466 e. The minimum absolute atomic E-state index is 0.0159. The fraction of sp³-hybridized carbons (Fsp3) is 0.432. The fourth-order valence-electron chi connectivity index (χ4n) is 5.37. The van der Waals surface area contributed by atoms with Crippen LogP contribution in [0.5, 0.6) is 11.5 Å². The molecule has 290 valence electrons. The highest BCUT2D eigenvalue weighted by molar-refractivity contribution is 5.97. The molecule has 1 unspecified atom stereocenters. The van der Waals surface area contributed by atoms with Crippen molar-refractivity contribution in [3.63, 3.8) is 0 Å². The van der Waals surface area contributed by atoms with E-state index in [9.17, 15) is 24.0 Å². The normalized spacial score (nSPS) is 11.5. The number of aryl methyl sites for hydroxylation is 1. The van der Waals surface area contributed by atoms with Gasteiger partial charge in [-0.3, -0.25) is 4.79 Å². The summed E-state index contributed by atoms with van der Waals surface area (Å²) in [5, 5.41) is 0. The molecule has 10 nitrogen and oxygen atoms in total. The molecule has 0 N–H and O–H groups in total. The van der Waals surface area contributed by atoms with Crippen LogP contribution in [0.25, 0.3) is 6.08 Å². The minimum Gasteiger partial charge on any atom is -0.466 e. The monoisotopic (exact) mass is 742 g/mol. The molecular formula is C44H54O10. The summed E-state index contributed by atoms with van der Waals surface area (Å²) in [5.41, 5.74) is 2.31. The summed E-state index contributed by atoms with van der Waals surface area (Å²) in [7, 11) is 1.28. The first kappa shape index (κ1) is 43.2. The molecule has 0 saturated heterocycles. The van der Waals surface area contributed by atoms with E-state index in [1.165, 1.54) is 31.4 Å². The maximum atomic E-state index is 13.3. The van der Waals surface area contributed by atoms with Gasteiger partial charge in [-0.2, -0.15) is 0 Å². The first-order valence-electron chi connectivity index (χ1n) is 19.0. The van der Waals surface area contributed by atoms with Crippen molar-refractivity contribution in [1.29, 1.82) is 0 Å². The Morgan fingerprint density at radius 3 is 1.78 bits per heavy atom. The van der Waals surface area contributed by atoms with Crippen molar-refractivity contribution in [3.05, 3.63) is 101 Å². The number of benzene rings is 3. The zero-order chi connectivity index (χ0) is 39.1. The molecule has 0 radical (unpaired) electrons. The van der Waals surface area contributed by atoms with Gasteiger partial charge in [0.2, 0.25) is 0 Å².